The predicted octanol–water partition coefficient (Wildman–Crippen LogP) is 6.92. The lowest BCUT2D eigenvalue weighted by Gasteiger charge is -2.40. The molecular weight excluding hydrogens is 557 g/mol. The lowest BCUT2D eigenvalue weighted by atomic mass is 9.95. The fourth-order valence-corrected chi connectivity index (χ4v) is 3.34. The summed E-state index contributed by atoms with van der Waals surface area (Å²) in [6, 6.07) is 6.67. The highest BCUT2D eigenvalue weighted by Gasteiger charge is 2.56. The molecule has 0 saturated carbocycles. The second-order valence-electron chi connectivity index (χ2n) is 5.42. The number of hydrogen-bond acceptors (Lipinski definition) is 4. The predicted molar refractivity (Wildman–Crippen MR) is 124 cm³/mol. The van der Waals surface area contributed by atoms with E-state index in [1.54, 1.807) is 24.3 Å². The van der Waals surface area contributed by atoms with E-state index in [-0.39, 0.29) is 17.2 Å². The fourth-order valence-electron chi connectivity index (χ4n) is 2.21. The van der Waals surface area contributed by atoms with Gasteiger partial charge in [0.25, 0.3) is 0 Å². The molecule has 0 saturated heterocycles. The SMILES string of the molecule is C=C(c1ccc(OC)cc1)C1(C(Cl)(Cl)Cl)N=C(C(Cl)(Cl)Cl)NC(C(Cl)(Cl)Cl)=N1. The number of nitrogens with zero attached hydrogens (tertiary/aromatic N) is 2. The average molecular weight is 567 g/mol. The summed E-state index contributed by atoms with van der Waals surface area (Å²) >= 11 is 54.6. The van der Waals surface area contributed by atoms with E-state index >= 15 is 0 Å². The molecule has 4 nitrogen and oxygen atoms in total. The monoisotopic (exact) mass is 563 g/mol. The Morgan fingerprint density at radius 1 is 0.893 bits per heavy atom. The van der Waals surface area contributed by atoms with Gasteiger partial charge < -0.3 is 10.1 Å². The Morgan fingerprint density at radius 2 is 1.32 bits per heavy atom. The maximum Gasteiger partial charge on any atom is 0.247 e. The third-order valence-corrected chi connectivity index (χ3v) is 5.44. The number of rotatable bonds is 3. The zero-order valence-electron chi connectivity index (χ0n) is 13.7. The van der Waals surface area contributed by atoms with Crippen molar-refractivity contribution in [3.63, 3.8) is 0 Å². The van der Waals surface area contributed by atoms with Crippen LogP contribution in [0.4, 0.5) is 0 Å². The van der Waals surface area contributed by atoms with Crippen LogP contribution in [0.5, 0.6) is 5.75 Å². The van der Waals surface area contributed by atoms with Crippen molar-refractivity contribution < 1.29 is 4.74 Å². The Hall–Kier alpha value is 0.510. The lowest BCUT2D eigenvalue weighted by Crippen LogP contribution is -2.55. The number of aliphatic imine (C=N–C) groups is 2. The smallest absolute Gasteiger partial charge is 0.247 e. The van der Waals surface area contributed by atoms with Gasteiger partial charge in [-0.25, -0.2) is 9.98 Å². The first-order valence-electron chi connectivity index (χ1n) is 7.13. The molecule has 28 heavy (non-hydrogen) atoms. The zero-order chi connectivity index (χ0) is 21.5. The van der Waals surface area contributed by atoms with Crippen LogP contribution >= 0.6 is 104 Å². The molecule has 0 aliphatic carbocycles. The highest BCUT2D eigenvalue weighted by atomic mass is 35.6. The molecule has 0 atom stereocenters. The summed E-state index contributed by atoms with van der Waals surface area (Å²) in [4.78, 5) is 8.52. The molecule has 0 aromatic heterocycles. The number of halogens is 9. The molecule has 0 radical (unpaired) electrons. The van der Waals surface area contributed by atoms with Crippen molar-refractivity contribution in [2.45, 2.75) is 17.0 Å². The molecule has 1 heterocycles. The number of alkyl halides is 9. The van der Waals surface area contributed by atoms with Gasteiger partial charge in [0, 0.05) is 5.57 Å². The Labute approximate surface area is 206 Å². The van der Waals surface area contributed by atoms with Gasteiger partial charge in [-0.1, -0.05) is 123 Å². The van der Waals surface area contributed by atoms with Gasteiger partial charge in [-0.15, -0.1) is 0 Å². The first-order chi connectivity index (χ1) is 12.6. The Balaban J connectivity index is 2.75. The molecule has 1 aliphatic rings. The molecule has 13 heteroatoms. The molecule has 154 valence electrons. The third-order valence-electron chi connectivity index (χ3n) is 3.58. The molecule has 0 amide bonds. The van der Waals surface area contributed by atoms with Gasteiger partial charge in [0.1, 0.15) is 5.75 Å². The second kappa shape index (κ2) is 8.57. The molecule has 2 rings (SSSR count). The Morgan fingerprint density at radius 3 is 1.64 bits per heavy atom. The van der Waals surface area contributed by atoms with Gasteiger partial charge in [-0.3, -0.25) is 0 Å². The summed E-state index contributed by atoms with van der Waals surface area (Å²) in [5.74, 6) is 0.0605. The van der Waals surface area contributed by atoms with Crippen LogP contribution in [0.15, 0.2) is 40.8 Å². The maximum absolute atomic E-state index is 6.25. The fraction of sp³-hybridized carbons (Fsp3) is 0.333. The van der Waals surface area contributed by atoms with Crippen molar-refractivity contribution in [3.8, 4) is 5.75 Å². The van der Waals surface area contributed by atoms with Crippen LogP contribution in [0.3, 0.4) is 0 Å². The number of hydrogen-bond donors (Lipinski definition) is 1. The van der Waals surface area contributed by atoms with Crippen molar-refractivity contribution in [1.29, 1.82) is 0 Å². The van der Waals surface area contributed by atoms with Crippen LogP contribution < -0.4 is 10.1 Å². The van der Waals surface area contributed by atoms with E-state index in [2.05, 4.69) is 21.9 Å². The number of nitrogens with one attached hydrogen (secondary N) is 1. The molecule has 1 aromatic rings. The van der Waals surface area contributed by atoms with Crippen LogP contribution in [-0.2, 0) is 0 Å². The summed E-state index contributed by atoms with van der Waals surface area (Å²) in [5, 5.41) is 2.56. The van der Waals surface area contributed by atoms with Crippen molar-refractivity contribution in [3.05, 3.63) is 36.4 Å². The summed E-state index contributed by atoms with van der Waals surface area (Å²) in [6.07, 6.45) is 0. The van der Waals surface area contributed by atoms with E-state index in [4.69, 9.17) is 109 Å². The molecule has 1 aliphatic heterocycles. The van der Waals surface area contributed by atoms with Crippen LogP contribution in [0.2, 0.25) is 0 Å². The average Bonchev–Trinajstić information content (AvgIpc) is 2.58. The minimum Gasteiger partial charge on any atom is -0.497 e. The second-order valence-corrected chi connectivity index (χ2v) is 12.3. The van der Waals surface area contributed by atoms with E-state index in [1.807, 2.05) is 0 Å². The molecular formula is C15H10Cl9N3O. The number of amidine groups is 2. The highest BCUT2D eigenvalue weighted by molar-refractivity contribution is 6.80. The summed E-state index contributed by atoms with van der Waals surface area (Å²) < 4.78 is -1.21. The first kappa shape index (κ1) is 24.8. The molecule has 1 N–H and O–H groups in total. The third kappa shape index (κ3) is 5.22. The van der Waals surface area contributed by atoms with E-state index in [1.165, 1.54) is 7.11 Å². The van der Waals surface area contributed by atoms with Crippen molar-refractivity contribution in [2.24, 2.45) is 9.98 Å². The number of benzene rings is 1. The van der Waals surface area contributed by atoms with E-state index in [0.29, 0.717) is 11.3 Å². The maximum atomic E-state index is 6.25. The van der Waals surface area contributed by atoms with Gasteiger partial charge in [0.15, 0.2) is 11.7 Å². The van der Waals surface area contributed by atoms with Crippen LogP contribution in [-0.4, -0.2) is 35.8 Å². The van der Waals surface area contributed by atoms with E-state index in [0.717, 1.165) is 0 Å². The quantitative estimate of drug-likeness (QED) is 0.404. The molecule has 0 bridgehead atoms. The zero-order valence-corrected chi connectivity index (χ0v) is 20.5. The topological polar surface area (TPSA) is 46.0 Å². The van der Waals surface area contributed by atoms with Gasteiger partial charge in [0.2, 0.25) is 17.0 Å². The largest absolute Gasteiger partial charge is 0.497 e. The molecule has 1 aromatic carbocycles. The normalized spacial score (nSPS) is 17.4. The molecule has 0 unspecified atom stereocenters. The molecule has 0 fully saturated rings. The van der Waals surface area contributed by atoms with Gasteiger partial charge in [-0.05, 0) is 17.7 Å². The van der Waals surface area contributed by atoms with Gasteiger partial charge in [0.05, 0.1) is 7.11 Å². The molecule has 0 spiro atoms. The number of ether oxygens (including phenoxy) is 1. The summed E-state index contributed by atoms with van der Waals surface area (Å²) in [5.41, 5.74) is -1.35. The number of methoxy groups -OCH3 is 1. The standard InChI is InChI=1S/C15H10Cl9N3O/c1-7(8-3-5-9(28-2)6-4-8)12(15(22,23)24)26-10(13(16,17)18)25-11(27-12)14(19,20)21/h3-6H,1H2,2H3,(H,25,26,27). The van der Waals surface area contributed by atoms with E-state index in [9.17, 15) is 0 Å². The summed E-state index contributed by atoms with van der Waals surface area (Å²) in [7, 11) is 1.52. The van der Waals surface area contributed by atoms with Crippen LogP contribution in [0, 0.1) is 0 Å². The van der Waals surface area contributed by atoms with Crippen LogP contribution in [0.1, 0.15) is 5.56 Å². The minimum atomic E-state index is -2.20. The van der Waals surface area contributed by atoms with Crippen molar-refractivity contribution in [2.75, 3.05) is 7.11 Å². The van der Waals surface area contributed by atoms with Crippen molar-refractivity contribution >= 4 is 122 Å². The van der Waals surface area contributed by atoms with E-state index < -0.39 is 17.0 Å². The summed E-state index contributed by atoms with van der Waals surface area (Å²) in [6.45, 7) is 3.98. The first-order valence-corrected chi connectivity index (χ1v) is 10.5. The lowest BCUT2D eigenvalue weighted by molar-refractivity contribution is 0.414. The van der Waals surface area contributed by atoms with Crippen LogP contribution in [0.25, 0.3) is 5.57 Å². The Kier molecular flexibility index (Phi) is 7.58. The van der Waals surface area contributed by atoms with Crippen molar-refractivity contribution in [1.82, 2.24) is 5.32 Å². The van der Waals surface area contributed by atoms with Gasteiger partial charge >= 0.3 is 0 Å². The van der Waals surface area contributed by atoms with Gasteiger partial charge in [-0.2, -0.15) is 0 Å². The minimum absolute atomic E-state index is 0.148. The highest BCUT2D eigenvalue weighted by Crippen LogP contribution is 2.52. The Bertz CT molecular complexity index is 787.